The van der Waals surface area contributed by atoms with Gasteiger partial charge >= 0.3 is 23.6 Å². The monoisotopic (exact) mass is 185 g/mol. The first-order valence-electron chi connectivity index (χ1n) is 3.15. The number of hydrogen-bond acceptors (Lipinski definition) is 4. The van der Waals surface area contributed by atoms with Crippen molar-refractivity contribution < 1.29 is 24.3 Å². The fraction of sp³-hybridized carbons (Fsp3) is 0.200. The van der Waals surface area contributed by atoms with Gasteiger partial charge in [-0.1, -0.05) is 0 Å². The smallest absolute Gasteiger partial charge is 0.438 e. The molecule has 0 radical (unpaired) electrons. The summed E-state index contributed by atoms with van der Waals surface area (Å²) in [5, 5.41) is 12.2. The molecule has 0 aromatic carbocycles. The molecule has 8 heteroatoms. The van der Waals surface area contributed by atoms with E-state index in [2.05, 4.69) is 4.79 Å². The van der Waals surface area contributed by atoms with E-state index < -0.39 is 29.7 Å². The maximum absolute atomic E-state index is 10.9. The molecule has 1 unspecified atom stereocenters. The summed E-state index contributed by atoms with van der Waals surface area (Å²) in [5.41, 5.74) is 5.98. The normalized spacial score (nSPS) is 21.5. The molecule has 4 N–H and O–H groups in total. The van der Waals surface area contributed by atoms with Crippen LogP contribution in [0.4, 0.5) is 4.79 Å². The van der Waals surface area contributed by atoms with Crippen LogP contribution in [0.15, 0.2) is 0 Å². The molecule has 1 rings (SSSR count). The largest absolute Gasteiger partial charge is 0.479 e. The Kier molecular flexibility index (Phi) is 2.07. The summed E-state index contributed by atoms with van der Waals surface area (Å²) in [6, 6.07) is -2.46. The molecule has 0 spiro atoms. The number of hydrogen-bond donors (Lipinski definition) is 4. The molecular formula is C5H5N4O4+. The van der Waals surface area contributed by atoms with Crippen molar-refractivity contribution in [3.05, 3.63) is 0 Å². The average Bonchev–Trinajstić information content (AvgIpc) is 2.02. The first-order chi connectivity index (χ1) is 6.06. The summed E-state index contributed by atoms with van der Waals surface area (Å²) < 4.78 is 0. The molecular weight excluding hydrogens is 180 g/mol. The van der Waals surface area contributed by atoms with Crippen molar-refractivity contribution in [2.75, 3.05) is 0 Å². The Morgan fingerprint density at radius 1 is 1.54 bits per heavy atom. The summed E-state index contributed by atoms with van der Waals surface area (Å²) in [6.45, 7) is 0. The first-order valence-corrected chi connectivity index (χ1v) is 3.15. The fourth-order valence-electron chi connectivity index (χ4n) is 0.828. The highest BCUT2D eigenvalue weighted by molar-refractivity contribution is 6.46. The number of carboxylic acid groups (broad SMARTS) is 1. The maximum Gasteiger partial charge on any atom is 0.438 e. The van der Waals surface area contributed by atoms with E-state index in [1.807, 2.05) is 5.32 Å². The number of aliphatic carboxylic acids is 1. The van der Waals surface area contributed by atoms with Crippen molar-refractivity contribution in [2.24, 2.45) is 0 Å². The van der Waals surface area contributed by atoms with Gasteiger partial charge in [-0.25, -0.2) is 9.59 Å². The Labute approximate surface area is 71.2 Å². The predicted molar refractivity (Wildman–Crippen MR) is 36.1 cm³/mol. The number of carbonyl (C=O) groups excluding carboxylic acids is 2. The van der Waals surface area contributed by atoms with Gasteiger partial charge in [-0.05, 0) is 0 Å². The van der Waals surface area contributed by atoms with E-state index in [1.54, 1.807) is 5.32 Å². The van der Waals surface area contributed by atoms with Gasteiger partial charge in [0.25, 0.3) is 0 Å². The van der Waals surface area contributed by atoms with Gasteiger partial charge in [-0.15, -0.1) is 0 Å². The standard InChI is InChI=1S/C5H4N4O4/c6-9-1-2(4(11)12)7-5(13)8-3(1)10/h2,6H,(H2-,7,8,10,11,12,13)/p+1. The Bertz CT molecular complexity index is 342. The number of carbonyl (C=O) groups is 3. The number of carboxylic acids is 1. The molecule has 1 fully saturated rings. The van der Waals surface area contributed by atoms with Crippen molar-refractivity contribution in [3.8, 4) is 0 Å². The molecule has 1 aliphatic heterocycles. The Morgan fingerprint density at radius 3 is 2.62 bits per heavy atom. The highest BCUT2D eigenvalue weighted by atomic mass is 16.4. The molecule has 1 aliphatic rings. The quantitative estimate of drug-likeness (QED) is 0.276. The summed E-state index contributed by atoms with van der Waals surface area (Å²) in [5.74, 6) is -2.40. The van der Waals surface area contributed by atoms with E-state index in [0.717, 1.165) is 0 Å². The van der Waals surface area contributed by atoms with Gasteiger partial charge in [0.2, 0.25) is 6.04 Å². The highest BCUT2D eigenvalue weighted by Crippen LogP contribution is 1.93. The third kappa shape index (κ3) is 1.52. The third-order valence-corrected chi connectivity index (χ3v) is 1.38. The molecule has 13 heavy (non-hydrogen) atoms. The third-order valence-electron chi connectivity index (χ3n) is 1.38. The molecule has 1 saturated heterocycles. The first kappa shape index (κ1) is 8.88. The Morgan fingerprint density at radius 2 is 2.15 bits per heavy atom. The molecule has 0 aliphatic carbocycles. The lowest BCUT2D eigenvalue weighted by Crippen LogP contribution is -2.62. The second kappa shape index (κ2) is 3.03. The van der Waals surface area contributed by atoms with Gasteiger partial charge in [0.15, 0.2) is 0 Å². The zero-order valence-corrected chi connectivity index (χ0v) is 6.20. The van der Waals surface area contributed by atoms with Gasteiger partial charge in [0, 0.05) is 0 Å². The van der Waals surface area contributed by atoms with Crippen LogP contribution in [0.2, 0.25) is 0 Å². The summed E-state index contributed by atoms with van der Waals surface area (Å²) in [7, 11) is 0. The lowest BCUT2D eigenvalue weighted by atomic mass is 10.1. The van der Waals surface area contributed by atoms with E-state index in [9.17, 15) is 14.4 Å². The minimum absolute atomic E-state index is 0.549. The molecule has 3 amide bonds. The van der Waals surface area contributed by atoms with E-state index in [-0.39, 0.29) is 0 Å². The van der Waals surface area contributed by atoms with Gasteiger partial charge < -0.3 is 10.4 Å². The lowest BCUT2D eigenvalue weighted by molar-refractivity contribution is -0.149. The number of nitrogens with one attached hydrogen (secondary N) is 3. The van der Waals surface area contributed by atoms with E-state index in [4.69, 9.17) is 10.6 Å². The van der Waals surface area contributed by atoms with Gasteiger partial charge in [-0.3, -0.25) is 10.1 Å². The van der Waals surface area contributed by atoms with Crippen LogP contribution < -0.4 is 10.6 Å². The maximum atomic E-state index is 10.9. The van der Waals surface area contributed by atoms with Crippen molar-refractivity contribution in [1.82, 2.24) is 10.6 Å². The van der Waals surface area contributed by atoms with Crippen LogP contribution in [-0.4, -0.2) is 39.6 Å². The summed E-state index contributed by atoms with van der Waals surface area (Å²) >= 11 is 0. The second-order valence-corrected chi connectivity index (χ2v) is 2.20. The number of nitrogens with zero attached hydrogens (tertiary/aromatic N) is 1. The van der Waals surface area contributed by atoms with Crippen molar-refractivity contribution in [1.29, 1.82) is 5.53 Å². The van der Waals surface area contributed by atoms with Crippen LogP contribution in [0, 0.1) is 5.53 Å². The molecule has 1 heterocycles. The van der Waals surface area contributed by atoms with Crippen LogP contribution >= 0.6 is 0 Å². The molecule has 0 bridgehead atoms. The highest BCUT2D eigenvalue weighted by Gasteiger charge is 2.45. The lowest BCUT2D eigenvalue weighted by Gasteiger charge is -2.13. The minimum atomic E-state index is -1.54. The predicted octanol–water partition coefficient (Wildman–Crippen LogP) is -2.04. The van der Waals surface area contributed by atoms with Crippen LogP contribution in [0.25, 0.3) is 0 Å². The number of rotatable bonds is 1. The summed E-state index contributed by atoms with van der Waals surface area (Å²) in [6.07, 6.45) is 0. The van der Waals surface area contributed by atoms with Gasteiger partial charge in [-0.2, -0.15) is 0 Å². The molecule has 1 atom stereocenters. The van der Waals surface area contributed by atoms with Crippen molar-refractivity contribution >= 4 is 23.6 Å². The SMILES string of the molecule is N=[N+]=C1C(=O)NC(=O)NC1C(=O)O. The Balaban J connectivity index is 3.05. The topological polar surface area (TPSA) is 133 Å². The number of amides is 3. The molecule has 68 valence electrons. The van der Waals surface area contributed by atoms with Crippen LogP contribution in [0.3, 0.4) is 0 Å². The summed E-state index contributed by atoms with van der Waals surface area (Å²) in [4.78, 5) is 34.7. The van der Waals surface area contributed by atoms with E-state index >= 15 is 0 Å². The molecule has 0 aromatic rings. The number of urea groups is 1. The zero-order chi connectivity index (χ0) is 10.0. The zero-order valence-electron chi connectivity index (χ0n) is 6.20. The minimum Gasteiger partial charge on any atom is -0.479 e. The van der Waals surface area contributed by atoms with Crippen LogP contribution in [-0.2, 0) is 9.59 Å². The molecule has 8 nitrogen and oxygen atoms in total. The van der Waals surface area contributed by atoms with E-state index in [0.29, 0.717) is 0 Å². The Hall–Kier alpha value is -2.21. The fourth-order valence-corrected chi connectivity index (χ4v) is 0.828. The van der Waals surface area contributed by atoms with Crippen LogP contribution in [0.5, 0.6) is 0 Å². The van der Waals surface area contributed by atoms with Crippen LogP contribution in [0.1, 0.15) is 0 Å². The average molecular weight is 185 g/mol. The van der Waals surface area contributed by atoms with E-state index in [1.165, 1.54) is 0 Å². The van der Waals surface area contributed by atoms with Gasteiger partial charge in [0.05, 0.1) is 10.3 Å². The molecule has 0 saturated carbocycles. The van der Waals surface area contributed by atoms with Gasteiger partial charge in [0.1, 0.15) is 0 Å². The second-order valence-electron chi connectivity index (χ2n) is 2.20. The van der Waals surface area contributed by atoms with Crippen molar-refractivity contribution in [2.45, 2.75) is 6.04 Å². The number of imide groups is 1. The van der Waals surface area contributed by atoms with Crippen molar-refractivity contribution in [3.63, 3.8) is 0 Å². The molecule has 0 aromatic heterocycles.